The normalized spacial score (nSPS) is 12.6. The minimum Gasteiger partial charge on any atom is -0.444 e. The highest BCUT2D eigenvalue weighted by atomic mass is 32.1. The largest absolute Gasteiger partial charge is 0.444 e. The Morgan fingerprint density at radius 1 is 1.05 bits per heavy atom. The fraction of sp³-hybridized carbons (Fsp3) is 0.429. The van der Waals surface area contributed by atoms with Gasteiger partial charge in [-0.2, -0.15) is 17.9 Å². The van der Waals surface area contributed by atoms with Crippen molar-refractivity contribution in [3.8, 4) is 6.07 Å². The van der Waals surface area contributed by atoms with Crippen LogP contribution in [0.4, 0.5) is 10.5 Å². The van der Waals surface area contributed by atoms with Crippen LogP contribution in [0.1, 0.15) is 54.6 Å². The molecule has 2 atom stereocenters. The van der Waals surface area contributed by atoms with Gasteiger partial charge in [0.2, 0.25) is 5.91 Å². The number of nitriles is 1. The predicted molar refractivity (Wildman–Crippen MR) is 148 cm³/mol. The van der Waals surface area contributed by atoms with Crippen molar-refractivity contribution in [1.29, 1.82) is 5.26 Å². The Morgan fingerprint density at radius 2 is 1.68 bits per heavy atom. The summed E-state index contributed by atoms with van der Waals surface area (Å²) in [6, 6.07) is 11.0. The quantitative estimate of drug-likeness (QED) is 0.340. The number of carbonyl (C=O) groups excluding carboxylic acids is 3. The highest BCUT2D eigenvalue weighted by Crippen LogP contribution is 2.29. The van der Waals surface area contributed by atoms with E-state index in [0.717, 1.165) is 22.3 Å². The monoisotopic (exact) mass is 524 g/mol. The molecule has 0 radical (unpaired) electrons. The summed E-state index contributed by atoms with van der Waals surface area (Å²) in [4.78, 5) is 41.2. The molecule has 0 saturated carbocycles. The molecule has 2 N–H and O–H groups in total. The maximum absolute atomic E-state index is 13.9. The summed E-state index contributed by atoms with van der Waals surface area (Å²) in [5, 5.41) is 15.1. The molecule has 0 heterocycles. The van der Waals surface area contributed by atoms with E-state index < -0.39 is 35.6 Å². The van der Waals surface area contributed by atoms with Crippen LogP contribution in [0.5, 0.6) is 0 Å². The number of thiol groups is 1. The lowest BCUT2D eigenvalue weighted by Gasteiger charge is -2.33. The number of hydrogen-bond acceptors (Lipinski definition) is 6. The minimum absolute atomic E-state index is 0.0574. The summed E-state index contributed by atoms with van der Waals surface area (Å²) in [5.74, 6) is -1.15. The van der Waals surface area contributed by atoms with E-state index in [0.29, 0.717) is 11.3 Å². The van der Waals surface area contributed by atoms with Crippen molar-refractivity contribution in [2.75, 3.05) is 17.6 Å². The lowest BCUT2D eigenvalue weighted by Crippen LogP contribution is -2.53. The number of rotatable bonds is 8. The zero-order valence-electron chi connectivity index (χ0n) is 22.5. The Morgan fingerprint density at radius 3 is 2.19 bits per heavy atom. The number of carbonyl (C=O) groups is 3. The molecule has 37 heavy (non-hydrogen) atoms. The van der Waals surface area contributed by atoms with Gasteiger partial charge in [-0.3, -0.25) is 9.59 Å². The average molecular weight is 525 g/mol. The number of nitrogens with zero attached hydrogens (tertiary/aromatic N) is 2. The van der Waals surface area contributed by atoms with Crippen molar-refractivity contribution in [3.05, 3.63) is 64.2 Å². The molecule has 0 saturated heterocycles. The fourth-order valence-electron chi connectivity index (χ4n) is 3.99. The van der Waals surface area contributed by atoms with Crippen molar-refractivity contribution in [1.82, 2.24) is 10.2 Å². The van der Waals surface area contributed by atoms with Crippen LogP contribution in [-0.4, -0.2) is 46.7 Å². The van der Waals surface area contributed by atoms with E-state index in [1.807, 2.05) is 64.1 Å². The number of anilines is 1. The molecular weight excluding hydrogens is 488 g/mol. The standard InChI is InChI=1S/C28H36N4O4S/c1-17-11-12-21(20(4)15-17)24(25(33)31-23-18(2)9-8-10-19(23)3)32(14-13-29)26(34)22(16-37)30-27(35)36-28(5,6)7/h8-12,15,22,24,37H,14,16H2,1-7H3,(H,30,35)(H,31,33). The molecule has 198 valence electrons. The smallest absolute Gasteiger partial charge is 0.408 e. The van der Waals surface area contributed by atoms with Gasteiger partial charge in [0.15, 0.2) is 0 Å². The first kappa shape index (κ1) is 29.7. The molecule has 0 aromatic heterocycles. The van der Waals surface area contributed by atoms with Crippen LogP contribution in [0.15, 0.2) is 36.4 Å². The molecule has 0 spiro atoms. The van der Waals surface area contributed by atoms with Crippen LogP contribution in [0.3, 0.4) is 0 Å². The van der Waals surface area contributed by atoms with Gasteiger partial charge >= 0.3 is 6.09 Å². The Balaban J connectivity index is 2.54. The van der Waals surface area contributed by atoms with Gasteiger partial charge in [0, 0.05) is 11.4 Å². The number of benzene rings is 2. The first-order valence-corrected chi connectivity index (χ1v) is 12.6. The van der Waals surface area contributed by atoms with Gasteiger partial charge in [-0.25, -0.2) is 4.79 Å². The van der Waals surface area contributed by atoms with E-state index in [1.54, 1.807) is 26.8 Å². The Bertz CT molecular complexity index is 1180. The van der Waals surface area contributed by atoms with Crippen molar-refractivity contribution < 1.29 is 19.1 Å². The van der Waals surface area contributed by atoms with Crippen molar-refractivity contribution in [3.63, 3.8) is 0 Å². The molecule has 2 aromatic rings. The average Bonchev–Trinajstić information content (AvgIpc) is 2.79. The van der Waals surface area contributed by atoms with Crippen LogP contribution in [0.2, 0.25) is 0 Å². The zero-order valence-corrected chi connectivity index (χ0v) is 23.4. The summed E-state index contributed by atoms with van der Waals surface area (Å²) >= 11 is 4.25. The maximum Gasteiger partial charge on any atom is 0.408 e. The second kappa shape index (κ2) is 12.6. The third kappa shape index (κ3) is 7.99. The van der Waals surface area contributed by atoms with Crippen molar-refractivity contribution >= 4 is 36.2 Å². The number of amides is 3. The molecule has 0 bridgehead atoms. The maximum atomic E-state index is 13.9. The Labute approximate surface area is 224 Å². The van der Waals surface area contributed by atoms with Gasteiger partial charge in [0.05, 0.1) is 6.07 Å². The molecule has 2 aromatic carbocycles. The van der Waals surface area contributed by atoms with Crippen molar-refractivity contribution in [2.24, 2.45) is 0 Å². The first-order valence-electron chi connectivity index (χ1n) is 12.0. The van der Waals surface area contributed by atoms with Crippen LogP contribution in [0, 0.1) is 39.0 Å². The van der Waals surface area contributed by atoms with Crippen molar-refractivity contribution in [2.45, 2.75) is 66.2 Å². The second-order valence-electron chi connectivity index (χ2n) is 10.0. The van der Waals surface area contributed by atoms with E-state index in [9.17, 15) is 19.6 Å². The molecule has 8 nitrogen and oxygen atoms in total. The Hall–Kier alpha value is -3.51. The summed E-state index contributed by atoms with van der Waals surface area (Å²) in [6.45, 7) is 12.3. The highest BCUT2D eigenvalue weighted by Gasteiger charge is 2.37. The number of hydrogen-bond donors (Lipinski definition) is 3. The van der Waals surface area contributed by atoms with E-state index in [4.69, 9.17) is 4.74 Å². The SMILES string of the molecule is Cc1ccc(C(C(=O)Nc2c(C)cccc2C)N(CC#N)C(=O)C(CS)NC(=O)OC(C)(C)C)c(C)c1. The van der Waals surface area contributed by atoms with Gasteiger partial charge in [0.1, 0.15) is 24.2 Å². The number of aryl methyl sites for hydroxylation is 4. The van der Waals surface area contributed by atoms with E-state index in [1.165, 1.54) is 4.90 Å². The summed E-state index contributed by atoms with van der Waals surface area (Å²) in [7, 11) is 0. The van der Waals surface area contributed by atoms with E-state index in [-0.39, 0.29) is 12.3 Å². The molecule has 3 amide bonds. The van der Waals surface area contributed by atoms with Crippen LogP contribution < -0.4 is 10.6 Å². The van der Waals surface area contributed by atoms with E-state index >= 15 is 0 Å². The molecule has 9 heteroatoms. The number of nitrogens with one attached hydrogen (secondary N) is 2. The number of para-hydroxylation sites is 1. The van der Waals surface area contributed by atoms with E-state index in [2.05, 4.69) is 23.3 Å². The molecule has 2 rings (SSSR count). The number of ether oxygens (including phenoxy) is 1. The minimum atomic E-state index is -1.13. The third-order valence-electron chi connectivity index (χ3n) is 5.71. The summed E-state index contributed by atoms with van der Waals surface area (Å²) in [6.07, 6.45) is -0.792. The Kier molecular flexibility index (Phi) is 10.2. The molecule has 0 fully saturated rings. The first-order chi connectivity index (χ1) is 17.3. The lowest BCUT2D eigenvalue weighted by molar-refractivity contribution is -0.139. The van der Waals surface area contributed by atoms with Crippen LogP contribution >= 0.6 is 12.6 Å². The summed E-state index contributed by atoms with van der Waals surface area (Å²) in [5.41, 5.74) is 3.97. The van der Waals surface area contributed by atoms with Gasteiger partial charge < -0.3 is 20.3 Å². The fourth-order valence-corrected chi connectivity index (χ4v) is 4.24. The van der Waals surface area contributed by atoms with Gasteiger partial charge in [-0.15, -0.1) is 0 Å². The third-order valence-corrected chi connectivity index (χ3v) is 6.07. The topological polar surface area (TPSA) is 112 Å². The highest BCUT2D eigenvalue weighted by molar-refractivity contribution is 7.80. The molecule has 0 aliphatic heterocycles. The lowest BCUT2D eigenvalue weighted by atomic mass is 9.96. The molecule has 2 unspecified atom stereocenters. The van der Waals surface area contributed by atoms with Gasteiger partial charge in [-0.1, -0.05) is 42.0 Å². The predicted octanol–water partition coefficient (Wildman–Crippen LogP) is 4.78. The zero-order chi connectivity index (χ0) is 27.9. The number of alkyl carbamates (subject to hydrolysis) is 1. The summed E-state index contributed by atoms with van der Waals surface area (Å²) < 4.78 is 5.29. The van der Waals surface area contributed by atoms with Gasteiger partial charge in [0.25, 0.3) is 5.91 Å². The second-order valence-corrected chi connectivity index (χ2v) is 10.4. The molecule has 0 aliphatic rings. The molecule has 0 aliphatic carbocycles. The van der Waals surface area contributed by atoms with Crippen LogP contribution in [-0.2, 0) is 14.3 Å². The van der Waals surface area contributed by atoms with Gasteiger partial charge in [-0.05, 0) is 70.7 Å². The molecular formula is C28H36N4O4S. The van der Waals surface area contributed by atoms with Crippen LogP contribution in [0.25, 0.3) is 0 Å².